The van der Waals surface area contributed by atoms with Gasteiger partial charge >= 0.3 is 5.97 Å². The molecule has 9 heteroatoms. The number of esters is 1. The fourth-order valence-corrected chi connectivity index (χ4v) is 3.38. The molecule has 0 aliphatic heterocycles. The van der Waals surface area contributed by atoms with E-state index in [0.717, 1.165) is 5.69 Å². The van der Waals surface area contributed by atoms with Gasteiger partial charge in [-0.05, 0) is 67.1 Å². The molecule has 0 aliphatic carbocycles. The highest BCUT2D eigenvalue weighted by Crippen LogP contribution is 2.21. The van der Waals surface area contributed by atoms with Crippen molar-refractivity contribution in [2.45, 2.75) is 6.92 Å². The van der Waals surface area contributed by atoms with Crippen LogP contribution in [0.15, 0.2) is 102 Å². The number of nitro groups is 1. The normalized spacial score (nSPS) is 11.1. The summed E-state index contributed by atoms with van der Waals surface area (Å²) in [4.78, 5) is 35.6. The minimum atomic E-state index is -0.830. The molecule has 0 saturated heterocycles. The number of aromatic nitrogens is 1. The lowest BCUT2D eigenvalue weighted by Crippen LogP contribution is -2.21. The van der Waals surface area contributed by atoms with E-state index in [4.69, 9.17) is 4.74 Å². The second-order valence-corrected chi connectivity index (χ2v) is 7.43. The highest BCUT2D eigenvalue weighted by molar-refractivity contribution is 6.02. The molecule has 0 spiro atoms. The number of ether oxygens (including phenoxy) is 1. The van der Waals surface area contributed by atoms with Crippen LogP contribution in [0.1, 0.15) is 33.2 Å². The Hall–Kier alpha value is -5.05. The summed E-state index contributed by atoms with van der Waals surface area (Å²) in [6, 6.07) is 22.9. The van der Waals surface area contributed by atoms with Gasteiger partial charge < -0.3 is 9.30 Å². The highest BCUT2D eigenvalue weighted by Gasteiger charge is 2.21. The third-order valence-electron chi connectivity index (χ3n) is 5.16. The first-order chi connectivity index (χ1) is 16.9. The smallest absolute Gasteiger partial charge is 0.350 e. The second-order valence-electron chi connectivity index (χ2n) is 7.43. The van der Waals surface area contributed by atoms with Gasteiger partial charge in [0.1, 0.15) is 11.3 Å². The number of hydrazone groups is 1. The van der Waals surface area contributed by atoms with Crippen LogP contribution in [-0.2, 0) is 0 Å². The van der Waals surface area contributed by atoms with Gasteiger partial charge in [0.05, 0.1) is 21.9 Å². The predicted molar refractivity (Wildman–Crippen MR) is 130 cm³/mol. The fourth-order valence-electron chi connectivity index (χ4n) is 3.38. The van der Waals surface area contributed by atoms with Crippen LogP contribution in [0, 0.1) is 10.1 Å². The molecule has 0 aliphatic rings. The first-order valence-corrected chi connectivity index (χ1v) is 10.6. The number of hydrogen-bond donors (Lipinski definition) is 1. The summed E-state index contributed by atoms with van der Waals surface area (Å²) in [5.41, 5.74) is 4.53. The molecule has 1 N–H and O–H groups in total. The Bertz CT molecular complexity index is 1410. The first-order valence-electron chi connectivity index (χ1n) is 10.6. The minimum Gasteiger partial charge on any atom is -0.423 e. The number of para-hydroxylation sites is 2. The van der Waals surface area contributed by atoms with Crippen LogP contribution in [0.4, 0.5) is 5.69 Å². The summed E-state index contributed by atoms with van der Waals surface area (Å²) < 4.78 is 7.12. The molecule has 0 atom stereocenters. The number of carbonyl (C=O) groups excluding carboxylic acids is 2. The van der Waals surface area contributed by atoms with Gasteiger partial charge in [0.15, 0.2) is 0 Å². The molecule has 35 heavy (non-hydrogen) atoms. The molecule has 0 fully saturated rings. The number of nitrogens with one attached hydrogen (secondary N) is 1. The van der Waals surface area contributed by atoms with Crippen LogP contribution in [0.25, 0.3) is 5.69 Å². The molecule has 0 unspecified atom stereocenters. The summed E-state index contributed by atoms with van der Waals surface area (Å²) in [6.07, 6.45) is 3.70. The molecule has 1 amide bonds. The predicted octanol–water partition coefficient (Wildman–Crippen LogP) is 4.76. The standard InChI is InChI=1S/C26H20N4O5/c1-18(27-28-25(31)21-8-2-4-10-23(21)29-16-6-7-17-29)19-12-14-20(15-13-19)35-26(32)22-9-3-5-11-24(22)30(33)34/h2-17H,1H3,(H,28,31). The maximum Gasteiger partial charge on any atom is 0.350 e. The number of amides is 1. The number of nitro benzene ring substituents is 1. The van der Waals surface area contributed by atoms with E-state index in [1.807, 2.05) is 41.2 Å². The van der Waals surface area contributed by atoms with Crippen LogP contribution in [0.3, 0.4) is 0 Å². The average Bonchev–Trinajstić information content (AvgIpc) is 3.42. The van der Waals surface area contributed by atoms with Crippen molar-refractivity contribution in [1.29, 1.82) is 0 Å². The molecular weight excluding hydrogens is 448 g/mol. The Morgan fingerprint density at radius 1 is 0.886 bits per heavy atom. The zero-order valence-electron chi connectivity index (χ0n) is 18.6. The van der Waals surface area contributed by atoms with Crippen molar-refractivity contribution in [1.82, 2.24) is 9.99 Å². The Morgan fingerprint density at radius 3 is 2.20 bits per heavy atom. The van der Waals surface area contributed by atoms with Crippen LogP contribution in [0.5, 0.6) is 5.75 Å². The highest BCUT2D eigenvalue weighted by atomic mass is 16.6. The quantitative estimate of drug-likeness (QED) is 0.138. The molecule has 1 heterocycles. The summed E-state index contributed by atoms with van der Waals surface area (Å²) in [5.74, 6) is -0.970. The fraction of sp³-hybridized carbons (Fsp3) is 0.0385. The van der Waals surface area contributed by atoms with Gasteiger partial charge in [-0.25, -0.2) is 10.2 Å². The number of carbonyl (C=O) groups is 2. The average molecular weight is 468 g/mol. The van der Waals surface area contributed by atoms with E-state index in [2.05, 4.69) is 10.5 Å². The molecule has 4 rings (SSSR count). The van der Waals surface area contributed by atoms with Gasteiger partial charge in [-0.3, -0.25) is 14.9 Å². The lowest BCUT2D eigenvalue weighted by molar-refractivity contribution is -0.385. The van der Waals surface area contributed by atoms with Crippen molar-refractivity contribution in [2.24, 2.45) is 5.10 Å². The lowest BCUT2D eigenvalue weighted by atomic mass is 10.1. The second kappa shape index (κ2) is 10.3. The summed E-state index contributed by atoms with van der Waals surface area (Å²) >= 11 is 0. The van der Waals surface area contributed by atoms with E-state index in [1.165, 1.54) is 24.3 Å². The van der Waals surface area contributed by atoms with E-state index in [-0.39, 0.29) is 22.9 Å². The van der Waals surface area contributed by atoms with Crippen LogP contribution in [0.2, 0.25) is 0 Å². The molecule has 4 aromatic rings. The molecule has 0 radical (unpaired) electrons. The largest absolute Gasteiger partial charge is 0.423 e. The van der Waals surface area contributed by atoms with Gasteiger partial charge in [-0.1, -0.05) is 24.3 Å². The van der Waals surface area contributed by atoms with Crippen molar-refractivity contribution in [3.05, 3.63) is 124 Å². The van der Waals surface area contributed by atoms with Crippen molar-refractivity contribution >= 4 is 23.3 Å². The lowest BCUT2D eigenvalue weighted by Gasteiger charge is -2.10. The van der Waals surface area contributed by atoms with Crippen molar-refractivity contribution < 1.29 is 19.2 Å². The van der Waals surface area contributed by atoms with E-state index in [0.29, 0.717) is 16.8 Å². The Kier molecular flexibility index (Phi) is 6.78. The molecule has 0 bridgehead atoms. The van der Waals surface area contributed by atoms with Crippen LogP contribution in [-0.4, -0.2) is 27.1 Å². The monoisotopic (exact) mass is 468 g/mol. The molecule has 0 saturated carbocycles. The number of rotatable bonds is 7. The van der Waals surface area contributed by atoms with E-state index < -0.39 is 10.9 Å². The molecule has 3 aromatic carbocycles. The molecule has 9 nitrogen and oxygen atoms in total. The molecule has 1 aromatic heterocycles. The van der Waals surface area contributed by atoms with E-state index >= 15 is 0 Å². The Balaban J connectivity index is 1.44. The van der Waals surface area contributed by atoms with Gasteiger partial charge in [0.25, 0.3) is 11.6 Å². The maximum absolute atomic E-state index is 12.7. The molecular formula is C26H20N4O5. The SMILES string of the molecule is CC(=NNC(=O)c1ccccc1-n1cccc1)c1ccc(OC(=O)c2ccccc2[N+](=O)[O-])cc1. The van der Waals surface area contributed by atoms with E-state index in [1.54, 1.807) is 43.3 Å². The van der Waals surface area contributed by atoms with Gasteiger partial charge in [-0.15, -0.1) is 0 Å². The summed E-state index contributed by atoms with van der Waals surface area (Å²) in [5, 5.41) is 15.3. The third kappa shape index (κ3) is 5.31. The third-order valence-corrected chi connectivity index (χ3v) is 5.16. The number of hydrogen-bond acceptors (Lipinski definition) is 6. The van der Waals surface area contributed by atoms with Gasteiger partial charge in [-0.2, -0.15) is 5.10 Å². The topological polar surface area (TPSA) is 116 Å². The van der Waals surface area contributed by atoms with Crippen molar-refractivity contribution in [3.63, 3.8) is 0 Å². The summed E-state index contributed by atoms with van der Waals surface area (Å²) in [7, 11) is 0. The zero-order chi connectivity index (χ0) is 24.8. The van der Waals surface area contributed by atoms with Gasteiger partial charge in [0.2, 0.25) is 0 Å². The summed E-state index contributed by atoms with van der Waals surface area (Å²) in [6.45, 7) is 1.73. The minimum absolute atomic E-state index is 0.137. The van der Waals surface area contributed by atoms with Crippen molar-refractivity contribution in [3.8, 4) is 11.4 Å². The Morgan fingerprint density at radius 2 is 1.51 bits per heavy atom. The van der Waals surface area contributed by atoms with Crippen LogP contribution < -0.4 is 10.2 Å². The van der Waals surface area contributed by atoms with Crippen molar-refractivity contribution in [2.75, 3.05) is 0 Å². The number of nitrogens with zero attached hydrogens (tertiary/aromatic N) is 3. The van der Waals surface area contributed by atoms with Crippen LogP contribution >= 0.6 is 0 Å². The van der Waals surface area contributed by atoms with E-state index in [9.17, 15) is 19.7 Å². The van der Waals surface area contributed by atoms with Gasteiger partial charge in [0, 0.05) is 18.5 Å². The first kappa shape index (κ1) is 23.1. The zero-order valence-corrected chi connectivity index (χ0v) is 18.6. The Labute approximate surface area is 200 Å². The maximum atomic E-state index is 12.7. The molecule has 174 valence electrons. The number of benzene rings is 3.